The molecule has 1 aliphatic rings. The summed E-state index contributed by atoms with van der Waals surface area (Å²) < 4.78 is 10.3. The fraction of sp³-hybridized carbons (Fsp3) is 0.400. The Balaban J connectivity index is 2.62. The summed E-state index contributed by atoms with van der Waals surface area (Å²) in [6, 6.07) is 6.22. The predicted octanol–water partition coefficient (Wildman–Crippen LogP) is 3.20. The van der Waals surface area contributed by atoms with E-state index in [1.54, 1.807) is 32.0 Å². The second-order valence-corrected chi connectivity index (χ2v) is 6.96. The quantitative estimate of drug-likeness (QED) is 0.315. The molecule has 28 heavy (non-hydrogen) atoms. The van der Waals surface area contributed by atoms with E-state index in [2.05, 4.69) is 5.32 Å². The summed E-state index contributed by atoms with van der Waals surface area (Å²) >= 11 is 0. The summed E-state index contributed by atoms with van der Waals surface area (Å²) in [6.07, 6.45) is 0. The van der Waals surface area contributed by atoms with Crippen LogP contribution < -0.4 is 5.32 Å². The van der Waals surface area contributed by atoms with E-state index in [0.717, 1.165) is 0 Å². The zero-order chi connectivity index (χ0) is 20.8. The molecule has 1 aromatic rings. The van der Waals surface area contributed by atoms with Crippen LogP contribution in [0.5, 0.6) is 0 Å². The molecular weight excluding hydrogens is 364 g/mol. The van der Waals surface area contributed by atoms with Gasteiger partial charge in [-0.3, -0.25) is 14.9 Å². The number of nitrogens with one attached hydrogen (secondary N) is 1. The maximum atomic E-state index is 12.9. The molecule has 1 aromatic carbocycles. The Morgan fingerprint density at radius 3 is 2.57 bits per heavy atom. The minimum absolute atomic E-state index is 0.104. The van der Waals surface area contributed by atoms with Gasteiger partial charge in [-0.25, -0.2) is 4.79 Å². The van der Waals surface area contributed by atoms with Crippen molar-refractivity contribution in [1.29, 1.82) is 0 Å². The second-order valence-electron chi connectivity index (χ2n) is 6.96. The first-order valence-electron chi connectivity index (χ1n) is 8.91. The van der Waals surface area contributed by atoms with Crippen LogP contribution in [0.3, 0.4) is 0 Å². The van der Waals surface area contributed by atoms with E-state index in [-0.39, 0.29) is 30.4 Å². The van der Waals surface area contributed by atoms with Gasteiger partial charge in [0.05, 0.1) is 23.0 Å². The summed E-state index contributed by atoms with van der Waals surface area (Å²) in [5, 5.41) is 14.7. The third-order valence-electron chi connectivity index (χ3n) is 4.42. The lowest BCUT2D eigenvalue weighted by molar-refractivity contribution is -0.385. The number of dihydropyridines is 1. The van der Waals surface area contributed by atoms with Crippen LogP contribution in [0.2, 0.25) is 0 Å². The number of benzene rings is 1. The number of nitro groups is 1. The maximum Gasteiger partial charge on any atom is 0.336 e. The molecule has 2 rings (SSSR count). The van der Waals surface area contributed by atoms with Crippen molar-refractivity contribution in [1.82, 2.24) is 5.32 Å². The number of para-hydroxylation sites is 1. The third kappa shape index (κ3) is 4.57. The molecule has 0 saturated carbocycles. The number of ether oxygens (including phenoxy) is 2. The molecule has 0 aliphatic carbocycles. The van der Waals surface area contributed by atoms with Crippen molar-refractivity contribution in [2.45, 2.75) is 33.6 Å². The van der Waals surface area contributed by atoms with E-state index < -0.39 is 16.8 Å². The first kappa shape index (κ1) is 21.1. The van der Waals surface area contributed by atoms with Crippen LogP contribution in [0, 0.1) is 16.0 Å². The van der Waals surface area contributed by atoms with Crippen molar-refractivity contribution in [2.75, 3.05) is 13.2 Å². The predicted molar refractivity (Wildman–Crippen MR) is 102 cm³/mol. The highest BCUT2D eigenvalue weighted by Crippen LogP contribution is 2.42. The molecule has 0 amide bonds. The Labute approximate surface area is 163 Å². The van der Waals surface area contributed by atoms with Crippen LogP contribution in [0.4, 0.5) is 5.69 Å². The van der Waals surface area contributed by atoms with Gasteiger partial charge in [0, 0.05) is 23.0 Å². The summed E-state index contributed by atoms with van der Waals surface area (Å²) in [7, 11) is 0. The molecule has 0 aromatic heterocycles. The second kappa shape index (κ2) is 9.16. The number of hydrogen-bond donors (Lipinski definition) is 1. The fourth-order valence-corrected chi connectivity index (χ4v) is 3.18. The van der Waals surface area contributed by atoms with Gasteiger partial charge in [-0.1, -0.05) is 32.0 Å². The van der Waals surface area contributed by atoms with Crippen LogP contribution in [-0.4, -0.2) is 30.6 Å². The summed E-state index contributed by atoms with van der Waals surface area (Å²) in [4.78, 5) is 34.7. The third-order valence-corrected chi connectivity index (χ3v) is 4.42. The van der Waals surface area contributed by atoms with Crippen molar-refractivity contribution in [3.8, 4) is 0 Å². The Morgan fingerprint density at radius 1 is 1.29 bits per heavy atom. The van der Waals surface area contributed by atoms with Gasteiger partial charge in [0.1, 0.15) is 6.61 Å². The number of hydrogen-bond acceptors (Lipinski definition) is 7. The molecule has 0 fully saturated rings. The van der Waals surface area contributed by atoms with Crippen molar-refractivity contribution >= 4 is 18.1 Å². The molecule has 1 aliphatic heterocycles. The van der Waals surface area contributed by atoms with Gasteiger partial charge < -0.3 is 14.8 Å². The highest BCUT2D eigenvalue weighted by molar-refractivity contribution is 5.93. The van der Waals surface area contributed by atoms with E-state index in [9.17, 15) is 19.7 Å². The minimum Gasteiger partial charge on any atom is -0.463 e. The molecule has 150 valence electrons. The number of rotatable bonds is 8. The van der Waals surface area contributed by atoms with E-state index in [0.29, 0.717) is 29.0 Å². The normalized spacial score (nSPS) is 16.7. The van der Waals surface area contributed by atoms with E-state index in [1.807, 2.05) is 13.8 Å². The molecule has 1 unspecified atom stereocenters. The zero-order valence-electron chi connectivity index (χ0n) is 16.4. The van der Waals surface area contributed by atoms with Crippen LogP contribution in [0.1, 0.15) is 39.2 Å². The molecule has 1 N–H and O–H groups in total. The molecule has 8 nitrogen and oxygen atoms in total. The fourth-order valence-electron chi connectivity index (χ4n) is 3.18. The standard InChI is InChI=1S/C20H24N2O6/c1-12(2)9-28-20(24)18-14(4)21-13(3)16(10-27-11-23)19(18)15-7-5-6-8-17(15)22(25)26/h5-8,11-12,19,21H,9-10H2,1-4H3. The van der Waals surface area contributed by atoms with Gasteiger partial charge >= 0.3 is 5.97 Å². The van der Waals surface area contributed by atoms with Crippen molar-refractivity contribution < 1.29 is 24.0 Å². The van der Waals surface area contributed by atoms with E-state index in [1.165, 1.54) is 6.07 Å². The Hall–Kier alpha value is -3.16. The lowest BCUT2D eigenvalue weighted by Crippen LogP contribution is -2.31. The molecule has 1 heterocycles. The zero-order valence-corrected chi connectivity index (χ0v) is 16.4. The van der Waals surface area contributed by atoms with Crippen LogP contribution >= 0.6 is 0 Å². The number of allylic oxidation sites excluding steroid dienone is 2. The largest absolute Gasteiger partial charge is 0.463 e. The number of esters is 1. The van der Waals surface area contributed by atoms with E-state index in [4.69, 9.17) is 9.47 Å². The van der Waals surface area contributed by atoms with Crippen molar-refractivity contribution in [2.24, 2.45) is 5.92 Å². The van der Waals surface area contributed by atoms with Crippen molar-refractivity contribution in [3.05, 3.63) is 62.5 Å². The number of carbonyl (C=O) groups excluding carboxylic acids is 2. The highest BCUT2D eigenvalue weighted by Gasteiger charge is 2.37. The van der Waals surface area contributed by atoms with Gasteiger partial charge in [-0.2, -0.15) is 0 Å². The molecule has 0 bridgehead atoms. The van der Waals surface area contributed by atoms with E-state index >= 15 is 0 Å². The molecular formula is C20H24N2O6. The molecule has 1 atom stereocenters. The monoisotopic (exact) mass is 388 g/mol. The molecule has 8 heteroatoms. The smallest absolute Gasteiger partial charge is 0.336 e. The van der Waals surface area contributed by atoms with Crippen LogP contribution in [-0.2, 0) is 19.1 Å². The number of nitrogens with zero attached hydrogens (tertiary/aromatic N) is 1. The summed E-state index contributed by atoms with van der Waals surface area (Å²) in [5.74, 6) is -1.18. The van der Waals surface area contributed by atoms with Crippen LogP contribution in [0.15, 0.2) is 46.8 Å². The Kier molecular flexibility index (Phi) is 6.92. The lowest BCUT2D eigenvalue weighted by Gasteiger charge is -2.31. The van der Waals surface area contributed by atoms with Crippen molar-refractivity contribution in [3.63, 3.8) is 0 Å². The highest BCUT2D eigenvalue weighted by atomic mass is 16.6. The van der Waals surface area contributed by atoms with Gasteiger partial charge in [0.25, 0.3) is 12.2 Å². The van der Waals surface area contributed by atoms with Gasteiger partial charge in [0.15, 0.2) is 0 Å². The van der Waals surface area contributed by atoms with Gasteiger partial charge in [-0.05, 0) is 25.3 Å². The maximum absolute atomic E-state index is 12.9. The molecule has 0 saturated heterocycles. The first-order chi connectivity index (χ1) is 13.3. The average Bonchev–Trinajstić information content (AvgIpc) is 2.64. The molecule has 0 spiro atoms. The SMILES string of the molecule is CC1=C(COC=O)C(c2ccccc2[N+](=O)[O-])C(C(=O)OCC(C)C)=C(C)N1. The summed E-state index contributed by atoms with van der Waals surface area (Å²) in [5.41, 5.74) is 2.27. The topological polar surface area (TPSA) is 108 Å². The Bertz CT molecular complexity index is 841. The number of nitro benzene ring substituents is 1. The lowest BCUT2D eigenvalue weighted by atomic mass is 9.80. The average molecular weight is 388 g/mol. The minimum atomic E-state index is -0.762. The number of carbonyl (C=O) groups is 2. The summed E-state index contributed by atoms with van der Waals surface area (Å²) in [6.45, 7) is 7.74. The van der Waals surface area contributed by atoms with Gasteiger partial charge in [0.2, 0.25) is 0 Å². The van der Waals surface area contributed by atoms with Gasteiger partial charge in [-0.15, -0.1) is 0 Å². The Morgan fingerprint density at radius 2 is 1.96 bits per heavy atom. The first-order valence-corrected chi connectivity index (χ1v) is 8.91. The van der Waals surface area contributed by atoms with Crippen LogP contribution in [0.25, 0.3) is 0 Å². The molecule has 0 radical (unpaired) electrons.